The predicted molar refractivity (Wildman–Crippen MR) is 127 cm³/mol. The Morgan fingerprint density at radius 1 is 0.848 bits per heavy atom. The van der Waals surface area contributed by atoms with Gasteiger partial charge in [-0.05, 0) is 46.7 Å². The van der Waals surface area contributed by atoms with Gasteiger partial charge in [0.15, 0.2) is 0 Å². The van der Waals surface area contributed by atoms with Gasteiger partial charge in [-0.2, -0.15) is 4.31 Å². The minimum atomic E-state index is -3.94. The molecule has 0 amide bonds. The first-order valence-corrected chi connectivity index (χ1v) is 11.7. The van der Waals surface area contributed by atoms with Crippen molar-refractivity contribution in [3.8, 4) is 11.5 Å². The number of fused-ring (bicyclic) bond motifs is 1. The van der Waals surface area contributed by atoms with Crippen molar-refractivity contribution in [3.05, 3.63) is 102 Å². The molecule has 0 aliphatic carbocycles. The monoisotopic (exact) mass is 461 g/mol. The van der Waals surface area contributed by atoms with Crippen LogP contribution in [-0.4, -0.2) is 32.8 Å². The summed E-state index contributed by atoms with van der Waals surface area (Å²) >= 11 is 0. The van der Waals surface area contributed by atoms with Crippen molar-refractivity contribution >= 4 is 26.8 Å². The second kappa shape index (κ2) is 9.44. The highest BCUT2D eigenvalue weighted by Gasteiger charge is 2.27. The molecule has 4 rings (SSSR count). The van der Waals surface area contributed by atoms with Crippen LogP contribution in [-0.2, 0) is 16.6 Å². The summed E-state index contributed by atoms with van der Waals surface area (Å²) in [6.45, 7) is 0.179. The Morgan fingerprint density at radius 3 is 2.27 bits per heavy atom. The molecule has 0 saturated heterocycles. The SMILES string of the molecule is COc1ccc(C(=O)Oc2ccc3ccccc3c2)cc1S(=O)(=O)N(C)Cc1ccccc1. The van der Waals surface area contributed by atoms with Crippen LogP contribution in [0.5, 0.6) is 11.5 Å². The van der Waals surface area contributed by atoms with Gasteiger partial charge >= 0.3 is 5.97 Å². The van der Waals surface area contributed by atoms with Gasteiger partial charge in [0.25, 0.3) is 0 Å². The Bertz CT molecular complexity index is 1400. The Balaban J connectivity index is 1.61. The Kier molecular flexibility index (Phi) is 6.44. The number of benzene rings is 4. The molecule has 0 fully saturated rings. The minimum absolute atomic E-state index is 0.101. The van der Waals surface area contributed by atoms with Crippen LogP contribution >= 0.6 is 0 Å². The molecular formula is C26H23NO5S. The van der Waals surface area contributed by atoms with E-state index in [9.17, 15) is 13.2 Å². The second-order valence-corrected chi connectivity index (χ2v) is 9.52. The number of carbonyl (C=O) groups is 1. The van der Waals surface area contributed by atoms with Gasteiger partial charge < -0.3 is 9.47 Å². The van der Waals surface area contributed by atoms with Crippen molar-refractivity contribution in [2.45, 2.75) is 11.4 Å². The summed E-state index contributed by atoms with van der Waals surface area (Å²) < 4.78 is 38.6. The maximum absolute atomic E-state index is 13.3. The molecule has 0 aliphatic rings. The van der Waals surface area contributed by atoms with Crippen LogP contribution in [0.25, 0.3) is 10.8 Å². The van der Waals surface area contributed by atoms with Gasteiger partial charge in [-0.1, -0.05) is 60.7 Å². The molecule has 6 nitrogen and oxygen atoms in total. The molecule has 4 aromatic carbocycles. The number of hydrogen-bond acceptors (Lipinski definition) is 5. The first-order valence-electron chi connectivity index (χ1n) is 10.3. The van der Waals surface area contributed by atoms with E-state index in [2.05, 4.69) is 0 Å². The maximum atomic E-state index is 13.3. The van der Waals surface area contributed by atoms with E-state index in [1.807, 2.05) is 60.7 Å². The molecule has 0 heterocycles. The third-order valence-corrected chi connectivity index (χ3v) is 7.09. The van der Waals surface area contributed by atoms with Crippen molar-refractivity contribution < 1.29 is 22.7 Å². The quantitative estimate of drug-likeness (QED) is 0.289. The summed E-state index contributed by atoms with van der Waals surface area (Å²) in [5.74, 6) is -0.132. The average molecular weight is 462 g/mol. The number of esters is 1. The molecule has 33 heavy (non-hydrogen) atoms. The van der Waals surface area contributed by atoms with Crippen molar-refractivity contribution in [3.63, 3.8) is 0 Å². The number of sulfonamides is 1. The zero-order valence-corrected chi connectivity index (χ0v) is 19.1. The largest absolute Gasteiger partial charge is 0.495 e. The van der Waals surface area contributed by atoms with Crippen molar-refractivity contribution in [2.75, 3.05) is 14.2 Å². The lowest BCUT2D eigenvalue weighted by atomic mass is 10.1. The Labute approximate surface area is 193 Å². The molecule has 0 atom stereocenters. The molecule has 7 heteroatoms. The summed E-state index contributed by atoms with van der Waals surface area (Å²) in [7, 11) is -1.06. The summed E-state index contributed by atoms with van der Waals surface area (Å²) in [5, 5.41) is 1.96. The molecule has 0 radical (unpaired) electrons. The molecule has 0 aromatic heterocycles. The van der Waals surface area contributed by atoms with Crippen molar-refractivity contribution in [1.29, 1.82) is 0 Å². The highest BCUT2D eigenvalue weighted by Crippen LogP contribution is 2.29. The van der Waals surface area contributed by atoms with E-state index in [-0.39, 0.29) is 22.8 Å². The molecular weight excluding hydrogens is 438 g/mol. The number of methoxy groups -OCH3 is 1. The number of nitrogens with zero attached hydrogens (tertiary/aromatic N) is 1. The fraction of sp³-hybridized carbons (Fsp3) is 0.115. The van der Waals surface area contributed by atoms with Crippen LogP contribution in [0.15, 0.2) is 95.9 Å². The van der Waals surface area contributed by atoms with Gasteiger partial charge in [-0.3, -0.25) is 0 Å². The third kappa shape index (κ3) is 4.89. The van der Waals surface area contributed by atoms with Crippen LogP contribution in [0.3, 0.4) is 0 Å². The smallest absolute Gasteiger partial charge is 0.343 e. The minimum Gasteiger partial charge on any atom is -0.495 e. The van der Waals surface area contributed by atoms with Crippen LogP contribution < -0.4 is 9.47 Å². The number of rotatable bonds is 7. The molecule has 0 saturated carbocycles. The average Bonchev–Trinajstić information content (AvgIpc) is 2.84. The Hall–Kier alpha value is -3.68. The van der Waals surface area contributed by atoms with Gasteiger partial charge in [0.1, 0.15) is 16.4 Å². The first kappa shape index (κ1) is 22.5. The van der Waals surface area contributed by atoms with E-state index in [1.165, 1.54) is 36.7 Å². The lowest BCUT2D eigenvalue weighted by molar-refractivity contribution is 0.0734. The van der Waals surface area contributed by atoms with Gasteiger partial charge in [-0.15, -0.1) is 0 Å². The van der Waals surface area contributed by atoms with E-state index in [4.69, 9.17) is 9.47 Å². The van der Waals surface area contributed by atoms with Crippen LogP contribution in [0, 0.1) is 0 Å². The molecule has 0 bridgehead atoms. The molecule has 4 aromatic rings. The normalized spacial score (nSPS) is 11.5. The zero-order chi connectivity index (χ0) is 23.4. The lowest BCUT2D eigenvalue weighted by Gasteiger charge is -2.19. The highest BCUT2D eigenvalue weighted by molar-refractivity contribution is 7.89. The van der Waals surface area contributed by atoms with Gasteiger partial charge in [0, 0.05) is 13.6 Å². The van der Waals surface area contributed by atoms with Crippen LogP contribution in [0.2, 0.25) is 0 Å². The molecule has 168 valence electrons. The molecule has 0 aliphatic heterocycles. The summed E-state index contributed by atoms with van der Waals surface area (Å²) in [6, 6.07) is 26.5. The van der Waals surface area contributed by atoms with Gasteiger partial charge in [0.2, 0.25) is 10.0 Å². The van der Waals surface area contributed by atoms with E-state index >= 15 is 0 Å². The predicted octanol–water partition coefficient (Wildman–Crippen LogP) is 4.89. The topological polar surface area (TPSA) is 72.9 Å². The molecule has 0 unspecified atom stereocenters. The lowest BCUT2D eigenvalue weighted by Crippen LogP contribution is -2.27. The fourth-order valence-electron chi connectivity index (χ4n) is 3.50. The number of hydrogen-bond donors (Lipinski definition) is 0. The number of ether oxygens (including phenoxy) is 2. The maximum Gasteiger partial charge on any atom is 0.343 e. The van der Waals surface area contributed by atoms with E-state index in [0.717, 1.165) is 16.3 Å². The fourth-order valence-corrected chi connectivity index (χ4v) is 4.83. The van der Waals surface area contributed by atoms with Crippen LogP contribution in [0.4, 0.5) is 0 Å². The molecule has 0 spiro atoms. The van der Waals surface area contributed by atoms with Crippen molar-refractivity contribution in [2.24, 2.45) is 0 Å². The van der Waals surface area contributed by atoms with Gasteiger partial charge in [0.05, 0.1) is 12.7 Å². The Morgan fingerprint density at radius 2 is 1.55 bits per heavy atom. The zero-order valence-electron chi connectivity index (χ0n) is 18.3. The summed E-state index contributed by atoms with van der Waals surface area (Å²) in [5.41, 5.74) is 0.949. The summed E-state index contributed by atoms with van der Waals surface area (Å²) in [4.78, 5) is 12.7. The van der Waals surface area contributed by atoms with E-state index in [0.29, 0.717) is 5.75 Å². The number of carbonyl (C=O) groups excluding carboxylic acids is 1. The van der Waals surface area contributed by atoms with Crippen molar-refractivity contribution in [1.82, 2.24) is 4.31 Å². The molecule has 0 N–H and O–H groups in total. The van der Waals surface area contributed by atoms with Gasteiger partial charge in [-0.25, -0.2) is 13.2 Å². The third-order valence-electron chi connectivity index (χ3n) is 5.27. The van der Waals surface area contributed by atoms with E-state index in [1.54, 1.807) is 12.1 Å². The van der Waals surface area contributed by atoms with Crippen LogP contribution in [0.1, 0.15) is 15.9 Å². The van der Waals surface area contributed by atoms with E-state index < -0.39 is 16.0 Å². The standard InChI is InChI=1S/C26H23NO5S/c1-27(18-19-8-4-3-5-9-19)33(29,30)25-17-22(13-15-24(25)31-2)26(28)32-23-14-12-20-10-6-7-11-21(20)16-23/h3-17H,18H2,1-2H3. The highest BCUT2D eigenvalue weighted by atomic mass is 32.2. The first-order chi connectivity index (χ1) is 15.9. The summed E-state index contributed by atoms with van der Waals surface area (Å²) in [6.07, 6.45) is 0. The second-order valence-electron chi connectivity index (χ2n) is 7.51.